The van der Waals surface area contributed by atoms with Gasteiger partial charge in [0.25, 0.3) is 0 Å². The highest BCUT2D eigenvalue weighted by Crippen LogP contribution is 2.38. The molecule has 1 saturated carbocycles. The van der Waals surface area contributed by atoms with Crippen LogP contribution in [0.3, 0.4) is 0 Å². The summed E-state index contributed by atoms with van der Waals surface area (Å²) >= 11 is 0. The molecule has 0 aromatic carbocycles. The van der Waals surface area contributed by atoms with Gasteiger partial charge < -0.3 is 14.4 Å². The van der Waals surface area contributed by atoms with Crippen LogP contribution >= 0.6 is 0 Å². The van der Waals surface area contributed by atoms with Crippen molar-refractivity contribution in [3.8, 4) is 0 Å². The smallest absolute Gasteiger partial charge is 0.222 e. The highest BCUT2D eigenvalue weighted by Gasteiger charge is 2.35. The Morgan fingerprint density at radius 1 is 1.32 bits per heavy atom. The first-order chi connectivity index (χ1) is 9.06. The summed E-state index contributed by atoms with van der Waals surface area (Å²) in [5.41, 5.74) is 0. The molecule has 1 fully saturated rings. The second-order valence-electron chi connectivity index (χ2n) is 5.82. The lowest BCUT2D eigenvalue weighted by Crippen LogP contribution is -2.38. The van der Waals surface area contributed by atoms with E-state index in [0.29, 0.717) is 32.3 Å². The van der Waals surface area contributed by atoms with Gasteiger partial charge in [0.1, 0.15) is 0 Å². The number of hydrogen-bond acceptors (Lipinski definition) is 3. The standard InChI is InChI=1S/C15H29NO3/c1-12(2)16(11-14-10-13(14)3)15(17)6-5-7-19-9-8-18-4/h12-14H,5-11H2,1-4H3/t13-,14-/m1/s1. The fourth-order valence-electron chi connectivity index (χ4n) is 2.22. The fraction of sp³-hybridized carbons (Fsp3) is 0.933. The summed E-state index contributed by atoms with van der Waals surface area (Å²) in [4.78, 5) is 14.2. The first kappa shape index (κ1) is 16.4. The fourth-order valence-corrected chi connectivity index (χ4v) is 2.22. The summed E-state index contributed by atoms with van der Waals surface area (Å²) in [6.07, 6.45) is 2.66. The van der Waals surface area contributed by atoms with E-state index in [-0.39, 0.29) is 5.91 Å². The molecule has 0 bridgehead atoms. The van der Waals surface area contributed by atoms with Crippen molar-refractivity contribution in [1.29, 1.82) is 0 Å². The summed E-state index contributed by atoms with van der Waals surface area (Å²) in [6.45, 7) is 9.25. The Kier molecular flexibility index (Phi) is 7.39. The van der Waals surface area contributed by atoms with Gasteiger partial charge in [-0.25, -0.2) is 0 Å². The summed E-state index contributed by atoms with van der Waals surface area (Å²) < 4.78 is 10.3. The van der Waals surface area contributed by atoms with Crippen LogP contribution in [0.4, 0.5) is 0 Å². The number of carbonyl (C=O) groups is 1. The Bertz CT molecular complexity index is 268. The molecule has 0 aliphatic heterocycles. The Morgan fingerprint density at radius 3 is 2.53 bits per heavy atom. The van der Waals surface area contributed by atoms with E-state index in [0.717, 1.165) is 24.8 Å². The monoisotopic (exact) mass is 271 g/mol. The van der Waals surface area contributed by atoms with Gasteiger partial charge in [-0.05, 0) is 38.5 Å². The maximum Gasteiger partial charge on any atom is 0.222 e. The van der Waals surface area contributed by atoms with Gasteiger partial charge in [-0.15, -0.1) is 0 Å². The zero-order valence-electron chi connectivity index (χ0n) is 12.9. The van der Waals surface area contributed by atoms with Crippen molar-refractivity contribution < 1.29 is 14.3 Å². The molecule has 0 heterocycles. The van der Waals surface area contributed by atoms with Crippen LogP contribution in [-0.2, 0) is 14.3 Å². The molecule has 1 aliphatic rings. The molecule has 1 aliphatic carbocycles. The molecule has 0 aromatic heterocycles. The third-order valence-corrected chi connectivity index (χ3v) is 3.76. The molecule has 112 valence electrons. The Labute approximate surface area is 117 Å². The van der Waals surface area contributed by atoms with Gasteiger partial charge in [0.2, 0.25) is 5.91 Å². The Hall–Kier alpha value is -0.610. The summed E-state index contributed by atoms with van der Waals surface area (Å²) in [5, 5.41) is 0. The van der Waals surface area contributed by atoms with E-state index in [9.17, 15) is 4.79 Å². The molecule has 4 heteroatoms. The molecule has 4 nitrogen and oxygen atoms in total. The van der Waals surface area contributed by atoms with Gasteiger partial charge in [-0.2, -0.15) is 0 Å². The van der Waals surface area contributed by atoms with Gasteiger partial charge in [0.15, 0.2) is 0 Å². The van der Waals surface area contributed by atoms with E-state index < -0.39 is 0 Å². The van der Waals surface area contributed by atoms with Crippen molar-refractivity contribution in [2.24, 2.45) is 11.8 Å². The van der Waals surface area contributed by atoms with Crippen molar-refractivity contribution in [3.05, 3.63) is 0 Å². The van der Waals surface area contributed by atoms with Crippen LogP contribution in [0.1, 0.15) is 40.0 Å². The minimum absolute atomic E-state index is 0.268. The average molecular weight is 271 g/mol. The highest BCUT2D eigenvalue weighted by molar-refractivity contribution is 5.76. The van der Waals surface area contributed by atoms with Crippen molar-refractivity contribution >= 4 is 5.91 Å². The number of rotatable bonds is 10. The van der Waals surface area contributed by atoms with Gasteiger partial charge in [0.05, 0.1) is 13.2 Å². The normalized spacial score (nSPS) is 21.7. The quantitative estimate of drug-likeness (QED) is 0.572. The van der Waals surface area contributed by atoms with Crippen LogP contribution in [0.5, 0.6) is 0 Å². The second-order valence-corrected chi connectivity index (χ2v) is 5.82. The van der Waals surface area contributed by atoms with Gasteiger partial charge in [-0.1, -0.05) is 6.92 Å². The van der Waals surface area contributed by atoms with Crippen LogP contribution in [-0.4, -0.2) is 50.3 Å². The molecule has 1 amide bonds. The number of amides is 1. The van der Waals surface area contributed by atoms with Crippen molar-refractivity contribution in [1.82, 2.24) is 4.90 Å². The van der Waals surface area contributed by atoms with Gasteiger partial charge in [0, 0.05) is 32.7 Å². The molecule has 0 unspecified atom stereocenters. The van der Waals surface area contributed by atoms with Crippen LogP contribution in [0.25, 0.3) is 0 Å². The lowest BCUT2D eigenvalue weighted by atomic mass is 10.2. The van der Waals surface area contributed by atoms with Crippen molar-refractivity contribution in [3.63, 3.8) is 0 Å². The average Bonchev–Trinajstić information content (AvgIpc) is 3.06. The van der Waals surface area contributed by atoms with Crippen LogP contribution in [0.2, 0.25) is 0 Å². The Morgan fingerprint density at radius 2 is 2.00 bits per heavy atom. The number of ether oxygens (including phenoxy) is 2. The van der Waals surface area contributed by atoms with E-state index in [4.69, 9.17) is 9.47 Å². The van der Waals surface area contributed by atoms with Crippen LogP contribution in [0.15, 0.2) is 0 Å². The first-order valence-corrected chi connectivity index (χ1v) is 7.42. The molecular formula is C15H29NO3. The van der Waals surface area contributed by atoms with Crippen LogP contribution < -0.4 is 0 Å². The van der Waals surface area contributed by atoms with E-state index in [1.165, 1.54) is 6.42 Å². The summed E-state index contributed by atoms with van der Waals surface area (Å²) in [7, 11) is 1.66. The van der Waals surface area contributed by atoms with Crippen LogP contribution in [0, 0.1) is 11.8 Å². The summed E-state index contributed by atoms with van der Waals surface area (Å²) in [6, 6.07) is 0.301. The van der Waals surface area contributed by atoms with E-state index >= 15 is 0 Å². The highest BCUT2D eigenvalue weighted by atomic mass is 16.5. The number of carbonyl (C=O) groups excluding carboxylic acids is 1. The van der Waals surface area contributed by atoms with Gasteiger partial charge >= 0.3 is 0 Å². The van der Waals surface area contributed by atoms with Crippen molar-refractivity contribution in [2.45, 2.75) is 46.1 Å². The largest absolute Gasteiger partial charge is 0.382 e. The van der Waals surface area contributed by atoms with E-state index in [2.05, 4.69) is 20.8 Å². The first-order valence-electron chi connectivity index (χ1n) is 7.42. The number of hydrogen-bond donors (Lipinski definition) is 0. The van der Waals surface area contributed by atoms with Crippen molar-refractivity contribution in [2.75, 3.05) is 33.5 Å². The zero-order valence-corrected chi connectivity index (χ0v) is 12.9. The molecule has 0 spiro atoms. The predicted octanol–water partition coefficient (Wildman–Crippen LogP) is 2.32. The number of nitrogens with zero attached hydrogens (tertiary/aromatic N) is 1. The molecular weight excluding hydrogens is 242 g/mol. The SMILES string of the molecule is COCCOCCCC(=O)N(C[C@H]1C[C@H]1C)C(C)C. The van der Waals surface area contributed by atoms with Gasteiger partial charge in [-0.3, -0.25) is 4.79 Å². The van der Waals surface area contributed by atoms with E-state index in [1.54, 1.807) is 7.11 Å². The topological polar surface area (TPSA) is 38.8 Å². The molecule has 0 radical (unpaired) electrons. The lowest BCUT2D eigenvalue weighted by molar-refractivity contribution is -0.133. The molecule has 1 rings (SSSR count). The second kappa shape index (κ2) is 8.54. The maximum atomic E-state index is 12.2. The molecule has 2 atom stereocenters. The molecule has 0 N–H and O–H groups in total. The third-order valence-electron chi connectivity index (χ3n) is 3.76. The molecule has 19 heavy (non-hydrogen) atoms. The lowest BCUT2D eigenvalue weighted by Gasteiger charge is -2.27. The number of methoxy groups -OCH3 is 1. The maximum absolute atomic E-state index is 12.2. The minimum Gasteiger partial charge on any atom is -0.382 e. The van der Waals surface area contributed by atoms with E-state index in [1.807, 2.05) is 4.90 Å². The summed E-state index contributed by atoms with van der Waals surface area (Å²) in [5.74, 6) is 1.79. The third kappa shape index (κ3) is 6.39. The minimum atomic E-state index is 0.268. The predicted molar refractivity (Wildman–Crippen MR) is 76.0 cm³/mol. The zero-order chi connectivity index (χ0) is 14.3. The molecule has 0 aromatic rings. The molecule has 0 saturated heterocycles. The Balaban J connectivity index is 2.17.